The van der Waals surface area contributed by atoms with Crippen LogP contribution in [0.1, 0.15) is 19.8 Å². The van der Waals surface area contributed by atoms with E-state index in [-0.39, 0.29) is 11.9 Å². The number of nitrogens with one attached hydrogen (secondary N) is 2. The molecule has 1 amide bonds. The van der Waals surface area contributed by atoms with Crippen LogP contribution in [0.3, 0.4) is 0 Å². The first-order chi connectivity index (χ1) is 7.67. The fraction of sp³-hybridized carbons (Fsp3) is 0.909. The molecule has 1 saturated carbocycles. The van der Waals surface area contributed by atoms with E-state index in [1.165, 1.54) is 0 Å². The van der Waals surface area contributed by atoms with Gasteiger partial charge in [-0.3, -0.25) is 4.79 Å². The van der Waals surface area contributed by atoms with E-state index >= 15 is 0 Å². The molecule has 0 aromatic carbocycles. The molecule has 0 aromatic rings. The largest absolute Gasteiger partial charge is 0.383 e. The van der Waals surface area contributed by atoms with Crippen molar-refractivity contribution in [2.75, 3.05) is 27.4 Å². The zero-order chi connectivity index (χ0) is 12.0. The summed E-state index contributed by atoms with van der Waals surface area (Å²) in [4.78, 5) is 11.6. The predicted octanol–water partition coefficient (Wildman–Crippen LogP) is -0.0955. The minimum Gasteiger partial charge on any atom is -0.383 e. The summed E-state index contributed by atoms with van der Waals surface area (Å²) in [5, 5.41) is 6.08. The van der Waals surface area contributed by atoms with E-state index in [2.05, 4.69) is 10.6 Å². The van der Waals surface area contributed by atoms with Crippen LogP contribution in [-0.2, 0) is 14.3 Å². The van der Waals surface area contributed by atoms with Crippen molar-refractivity contribution in [3.8, 4) is 0 Å². The molecule has 1 unspecified atom stereocenters. The lowest BCUT2D eigenvalue weighted by molar-refractivity contribution is -0.123. The number of amides is 1. The lowest BCUT2D eigenvalue weighted by atomic mass is 9.88. The topological polar surface area (TPSA) is 59.6 Å². The highest BCUT2D eigenvalue weighted by atomic mass is 16.5. The van der Waals surface area contributed by atoms with Gasteiger partial charge in [0.05, 0.1) is 18.8 Å². The van der Waals surface area contributed by atoms with Gasteiger partial charge in [-0.25, -0.2) is 0 Å². The molecule has 1 atom stereocenters. The number of rotatable bonds is 7. The van der Waals surface area contributed by atoms with E-state index in [0.717, 1.165) is 12.8 Å². The summed E-state index contributed by atoms with van der Waals surface area (Å²) in [5.41, 5.74) is 0. The van der Waals surface area contributed by atoms with Gasteiger partial charge in [-0.2, -0.15) is 0 Å². The maximum absolute atomic E-state index is 11.6. The first-order valence-electron chi connectivity index (χ1n) is 5.72. The van der Waals surface area contributed by atoms with Gasteiger partial charge in [0.15, 0.2) is 0 Å². The van der Waals surface area contributed by atoms with Gasteiger partial charge in [0.2, 0.25) is 5.91 Å². The van der Waals surface area contributed by atoms with Crippen LogP contribution in [0.15, 0.2) is 0 Å². The molecule has 16 heavy (non-hydrogen) atoms. The van der Waals surface area contributed by atoms with Crippen molar-refractivity contribution in [2.24, 2.45) is 0 Å². The number of methoxy groups -OCH3 is 2. The Morgan fingerprint density at radius 3 is 2.69 bits per heavy atom. The lowest BCUT2D eigenvalue weighted by Gasteiger charge is -2.36. The summed E-state index contributed by atoms with van der Waals surface area (Å²) in [7, 11) is 3.34. The third-order valence-corrected chi connectivity index (χ3v) is 2.91. The van der Waals surface area contributed by atoms with Crippen LogP contribution in [0.25, 0.3) is 0 Å². The van der Waals surface area contributed by atoms with Crippen LogP contribution in [0, 0.1) is 0 Å². The highest BCUT2D eigenvalue weighted by molar-refractivity contribution is 5.81. The fourth-order valence-electron chi connectivity index (χ4n) is 1.75. The molecule has 0 saturated heterocycles. The summed E-state index contributed by atoms with van der Waals surface area (Å²) in [6.45, 7) is 2.99. The van der Waals surface area contributed by atoms with E-state index < -0.39 is 0 Å². The van der Waals surface area contributed by atoms with E-state index in [0.29, 0.717) is 25.3 Å². The summed E-state index contributed by atoms with van der Waals surface area (Å²) in [5.74, 6) is 0.0258. The van der Waals surface area contributed by atoms with E-state index in [9.17, 15) is 4.79 Å². The molecule has 2 N–H and O–H groups in total. The van der Waals surface area contributed by atoms with Crippen molar-refractivity contribution >= 4 is 5.91 Å². The molecule has 1 fully saturated rings. The summed E-state index contributed by atoms with van der Waals surface area (Å²) < 4.78 is 10.0. The highest BCUT2D eigenvalue weighted by Crippen LogP contribution is 2.22. The SMILES string of the molecule is COCCNC(=O)C(C)NC1CC(OC)C1. The van der Waals surface area contributed by atoms with Gasteiger partial charge >= 0.3 is 0 Å². The Bertz CT molecular complexity index is 217. The van der Waals surface area contributed by atoms with Crippen molar-refractivity contribution in [3.63, 3.8) is 0 Å². The highest BCUT2D eigenvalue weighted by Gasteiger charge is 2.30. The second-order valence-electron chi connectivity index (χ2n) is 4.20. The molecular weight excluding hydrogens is 208 g/mol. The molecule has 0 aliphatic heterocycles. The molecule has 94 valence electrons. The quantitative estimate of drug-likeness (QED) is 0.600. The Balaban J connectivity index is 2.10. The van der Waals surface area contributed by atoms with Crippen molar-refractivity contribution in [3.05, 3.63) is 0 Å². The first kappa shape index (κ1) is 13.4. The molecule has 5 nitrogen and oxygen atoms in total. The van der Waals surface area contributed by atoms with Crippen LogP contribution in [0.2, 0.25) is 0 Å². The summed E-state index contributed by atoms with van der Waals surface area (Å²) >= 11 is 0. The molecule has 1 aliphatic carbocycles. The number of ether oxygens (including phenoxy) is 2. The third kappa shape index (κ3) is 4.08. The number of carbonyl (C=O) groups is 1. The minimum absolute atomic E-state index is 0.0258. The van der Waals surface area contributed by atoms with E-state index in [4.69, 9.17) is 9.47 Å². The summed E-state index contributed by atoms with van der Waals surface area (Å²) in [6, 6.07) is 0.257. The second kappa shape index (κ2) is 6.83. The zero-order valence-electron chi connectivity index (χ0n) is 10.3. The van der Waals surface area contributed by atoms with Crippen molar-refractivity contribution in [1.82, 2.24) is 10.6 Å². The predicted molar refractivity (Wildman–Crippen MR) is 61.3 cm³/mol. The first-order valence-corrected chi connectivity index (χ1v) is 5.72. The van der Waals surface area contributed by atoms with Crippen LogP contribution >= 0.6 is 0 Å². The van der Waals surface area contributed by atoms with E-state index in [1.54, 1.807) is 14.2 Å². The molecule has 0 heterocycles. The number of carbonyl (C=O) groups excluding carboxylic acids is 1. The fourth-order valence-corrected chi connectivity index (χ4v) is 1.75. The molecule has 5 heteroatoms. The molecule has 0 spiro atoms. The molecule has 0 radical (unpaired) electrons. The normalized spacial score (nSPS) is 25.9. The minimum atomic E-state index is -0.153. The van der Waals surface area contributed by atoms with Crippen LogP contribution in [0.5, 0.6) is 0 Å². The van der Waals surface area contributed by atoms with E-state index in [1.807, 2.05) is 6.92 Å². The average Bonchev–Trinajstić information content (AvgIpc) is 2.22. The Morgan fingerprint density at radius 2 is 2.12 bits per heavy atom. The number of hydrogen-bond acceptors (Lipinski definition) is 4. The number of hydrogen-bond donors (Lipinski definition) is 2. The van der Waals surface area contributed by atoms with Crippen molar-refractivity contribution in [2.45, 2.75) is 38.0 Å². The van der Waals surface area contributed by atoms with Crippen LogP contribution in [0.4, 0.5) is 0 Å². The van der Waals surface area contributed by atoms with Gasteiger partial charge in [0, 0.05) is 26.8 Å². The molecule has 0 aromatic heterocycles. The smallest absolute Gasteiger partial charge is 0.236 e. The molecular formula is C11H22N2O3. The van der Waals surface area contributed by atoms with Gasteiger partial charge < -0.3 is 20.1 Å². The van der Waals surface area contributed by atoms with Gasteiger partial charge in [-0.05, 0) is 19.8 Å². The Kier molecular flexibility index (Phi) is 5.73. The second-order valence-corrected chi connectivity index (χ2v) is 4.20. The van der Waals surface area contributed by atoms with Gasteiger partial charge in [-0.1, -0.05) is 0 Å². The van der Waals surface area contributed by atoms with Gasteiger partial charge in [0.1, 0.15) is 0 Å². The third-order valence-electron chi connectivity index (χ3n) is 2.91. The lowest BCUT2D eigenvalue weighted by Crippen LogP contribution is -2.53. The van der Waals surface area contributed by atoms with Crippen molar-refractivity contribution in [1.29, 1.82) is 0 Å². The van der Waals surface area contributed by atoms with Crippen molar-refractivity contribution < 1.29 is 14.3 Å². The Morgan fingerprint density at radius 1 is 1.44 bits per heavy atom. The monoisotopic (exact) mass is 230 g/mol. The van der Waals surface area contributed by atoms with Gasteiger partial charge in [-0.15, -0.1) is 0 Å². The zero-order valence-corrected chi connectivity index (χ0v) is 10.3. The maximum atomic E-state index is 11.6. The molecule has 1 aliphatic rings. The van der Waals surface area contributed by atoms with Crippen LogP contribution < -0.4 is 10.6 Å². The molecule has 1 rings (SSSR count). The Hall–Kier alpha value is -0.650. The van der Waals surface area contributed by atoms with Gasteiger partial charge in [0.25, 0.3) is 0 Å². The Labute approximate surface area is 96.9 Å². The van der Waals surface area contributed by atoms with Crippen LogP contribution in [-0.4, -0.2) is 51.5 Å². The average molecular weight is 230 g/mol. The maximum Gasteiger partial charge on any atom is 0.236 e. The molecule has 0 bridgehead atoms. The summed E-state index contributed by atoms with van der Waals surface area (Å²) in [6.07, 6.45) is 2.35. The standard InChI is InChI=1S/C11H22N2O3/c1-8(11(14)12-4-5-15-2)13-9-6-10(7-9)16-3/h8-10,13H,4-7H2,1-3H3,(H,12,14).